The summed E-state index contributed by atoms with van der Waals surface area (Å²) in [6, 6.07) is 0. The van der Waals surface area contributed by atoms with Crippen LogP contribution < -0.4 is 0 Å². The van der Waals surface area contributed by atoms with Gasteiger partial charge in [0.15, 0.2) is 0 Å². The van der Waals surface area contributed by atoms with Crippen molar-refractivity contribution < 1.29 is 0 Å². The number of allylic oxidation sites excluding steroid dienone is 1. The summed E-state index contributed by atoms with van der Waals surface area (Å²) in [5.74, 6) is 2.03. The molecule has 0 aliphatic carbocycles. The maximum absolute atomic E-state index is 4.14. The number of hydrogen-bond acceptors (Lipinski definition) is 3. The SMILES string of the molecule is CC=C1N=CN=C(CC)N1C. The average molecular weight is 151 g/mol. The van der Waals surface area contributed by atoms with Crippen molar-refractivity contribution in [1.29, 1.82) is 0 Å². The first-order valence-corrected chi connectivity index (χ1v) is 3.78. The fourth-order valence-electron chi connectivity index (χ4n) is 1.06. The number of nitrogens with zero attached hydrogens (tertiary/aromatic N) is 3. The van der Waals surface area contributed by atoms with Crippen molar-refractivity contribution in [3.8, 4) is 0 Å². The van der Waals surface area contributed by atoms with Crippen LogP contribution in [0.4, 0.5) is 0 Å². The second-order valence-electron chi connectivity index (χ2n) is 2.35. The van der Waals surface area contributed by atoms with E-state index < -0.39 is 0 Å². The maximum Gasteiger partial charge on any atom is 0.131 e. The highest BCUT2D eigenvalue weighted by Crippen LogP contribution is 2.09. The second kappa shape index (κ2) is 3.32. The molecule has 1 rings (SSSR count). The minimum atomic E-state index is 0.944. The van der Waals surface area contributed by atoms with Gasteiger partial charge in [0.05, 0.1) is 0 Å². The van der Waals surface area contributed by atoms with Crippen LogP contribution in [0.1, 0.15) is 20.3 Å². The molecule has 3 nitrogen and oxygen atoms in total. The Labute approximate surface area is 67.1 Å². The molecule has 0 radical (unpaired) electrons. The van der Waals surface area contributed by atoms with Crippen LogP contribution in [0.25, 0.3) is 0 Å². The topological polar surface area (TPSA) is 28.0 Å². The fraction of sp³-hybridized carbons (Fsp3) is 0.500. The van der Waals surface area contributed by atoms with E-state index in [0.29, 0.717) is 0 Å². The normalized spacial score (nSPS) is 20.8. The third-order valence-electron chi connectivity index (χ3n) is 1.70. The van der Waals surface area contributed by atoms with Crippen LogP contribution >= 0.6 is 0 Å². The van der Waals surface area contributed by atoms with Crippen LogP contribution in [-0.4, -0.2) is 24.1 Å². The summed E-state index contributed by atoms with van der Waals surface area (Å²) in [6.45, 7) is 4.06. The van der Waals surface area contributed by atoms with E-state index in [1.54, 1.807) is 6.34 Å². The first-order valence-electron chi connectivity index (χ1n) is 3.78. The van der Waals surface area contributed by atoms with Crippen molar-refractivity contribution in [2.45, 2.75) is 20.3 Å². The Kier molecular flexibility index (Phi) is 2.41. The molecule has 0 amide bonds. The molecule has 0 N–H and O–H groups in total. The summed E-state index contributed by atoms with van der Waals surface area (Å²) in [5.41, 5.74) is 0. The van der Waals surface area contributed by atoms with Crippen LogP contribution in [0.15, 0.2) is 21.9 Å². The van der Waals surface area contributed by atoms with Crippen LogP contribution in [0.2, 0.25) is 0 Å². The zero-order valence-electron chi connectivity index (χ0n) is 7.20. The first-order chi connectivity index (χ1) is 5.29. The minimum absolute atomic E-state index is 0.944. The van der Waals surface area contributed by atoms with E-state index >= 15 is 0 Å². The molecular formula is C8H13N3. The van der Waals surface area contributed by atoms with Gasteiger partial charge in [-0.15, -0.1) is 0 Å². The monoisotopic (exact) mass is 151 g/mol. The third kappa shape index (κ3) is 1.48. The highest BCUT2D eigenvalue weighted by molar-refractivity contribution is 5.91. The minimum Gasteiger partial charge on any atom is -0.318 e. The lowest BCUT2D eigenvalue weighted by atomic mass is 10.3. The van der Waals surface area contributed by atoms with Gasteiger partial charge in [-0.2, -0.15) is 0 Å². The lowest BCUT2D eigenvalue weighted by molar-refractivity contribution is 0.597. The predicted molar refractivity (Wildman–Crippen MR) is 47.7 cm³/mol. The van der Waals surface area contributed by atoms with Gasteiger partial charge in [-0.05, 0) is 13.0 Å². The Morgan fingerprint density at radius 1 is 1.64 bits per heavy atom. The summed E-state index contributed by atoms with van der Waals surface area (Å²) in [6.07, 6.45) is 4.52. The molecule has 1 aliphatic rings. The third-order valence-corrected chi connectivity index (χ3v) is 1.70. The summed E-state index contributed by atoms with van der Waals surface area (Å²) >= 11 is 0. The van der Waals surface area contributed by atoms with Crippen molar-refractivity contribution in [2.24, 2.45) is 9.98 Å². The standard InChI is InChI=1S/C8H13N3/c1-4-7-9-6-10-8(5-2)11(7)3/h4,6H,5H2,1-3H3. The van der Waals surface area contributed by atoms with E-state index in [-0.39, 0.29) is 0 Å². The van der Waals surface area contributed by atoms with E-state index in [1.807, 2.05) is 24.9 Å². The largest absolute Gasteiger partial charge is 0.318 e. The summed E-state index contributed by atoms with van der Waals surface area (Å²) in [7, 11) is 1.98. The van der Waals surface area contributed by atoms with Crippen LogP contribution in [0.5, 0.6) is 0 Å². The van der Waals surface area contributed by atoms with Gasteiger partial charge in [0, 0.05) is 13.5 Å². The van der Waals surface area contributed by atoms with Crippen molar-refractivity contribution in [1.82, 2.24) is 4.90 Å². The summed E-state index contributed by atoms with van der Waals surface area (Å²) < 4.78 is 0. The van der Waals surface area contributed by atoms with Crippen LogP contribution in [-0.2, 0) is 0 Å². The number of rotatable bonds is 1. The van der Waals surface area contributed by atoms with Crippen LogP contribution in [0.3, 0.4) is 0 Å². The van der Waals surface area contributed by atoms with E-state index in [9.17, 15) is 0 Å². The van der Waals surface area contributed by atoms with Crippen molar-refractivity contribution >= 4 is 12.2 Å². The molecule has 0 aromatic carbocycles. The van der Waals surface area contributed by atoms with Gasteiger partial charge in [-0.1, -0.05) is 6.92 Å². The molecule has 0 aromatic heterocycles. The number of hydrogen-bond donors (Lipinski definition) is 0. The zero-order chi connectivity index (χ0) is 8.27. The Balaban J connectivity index is 2.86. The second-order valence-corrected chi connectivity index (χ2v) is 2.35. The van der Waals surface area contributed by atoms with Gasteiger partial charge >= 0.3 is 0 Å². The Hall–Kier alpha value is -1.12. The highest BCUT2D eigenvalue weighted by Gasteiger charge is 2.09. The highest BCUT2D eigenvalue weighted by atomic mass is 15.3. The van der Waals surface area contributed by atoms with Crippen molar-refractivity contribution in [3.05, 3.63) is 11.9 Å². The predicted octanol–water partition coefficient (Wildman–Crippen LogP) is 1.63. The first kappa shape index (κ1) is 7.98. The lowest BCUT2D eigenvalue weighted by Gasteiger charge is -2.22. The molecule has 1 aliphatic heterocycles. The Morgan fingerprint density at radius 3 is 2.91 bits per heavy atom. The average Bonchev–Trinajstić information content (AvgIpc) is 2.05. The lowest BCUT2D eigenvalue weighted by Crippen LogP contribution is -2.27. The number of amidine groups is 1. The zero-order valence-corrected chi connectivity index (χ0v) is 7.20. The summed E-state index contributed by atoms with van der Waals surface area (Å²) in [5, 5.41) is 0. The van der Waals surface area contributed by atoms with Gasteiger partial charge in [0.1, 0.15) is 18.0 Å². The molecule has 0 saturated heterocycles. The molecule has 0 atom stereocenters. The van der Waals surface area contributed by atoms with Crippen LogP contribution in [0, 0.1) is 0 Å². The van der Waals surface area contributed by atoms with Crippen molar-refractivity contribution in [3.63, 3.8) is 0 Å². The maximum atomic E-state index is 4.14. The van der Waals surface area contributed by atoms with Gasteiger partial charge in [0.25, 0.3) is 0 Å². The van der Waals surface area contributed by atoms with Gasteiger partial charge in [-0.3, -0.25) is 0 Å². The molecule has 60 valence electrons. The number of aliphatic imine (C=N–C) groups is 2. The molecule has 11 heavy (non-hydrogen) atoms. The van der Waals surface area contributed by atoms with E-state index in [0.717, 1.165) is 18.1 Å². The molecule has 1 heterocycles. The Morgan fingerprint density at radius 2 is 2.36 bits per heavy atom. The van der Waals surface area contributed by atoms with E-state index in [1.165, 1.54) is 0 Å². The molecule has 0 fully saturated rings. The van der Waals surface area contributed by atoms with E-state index in [2.05, 4.69) is 16.9 Å². The smallest absolute Gasteiger partial charge is 0.131 e. The quantitative estimate of drug-likeness (QED) is 0.559. The Bertz CT molecular complexity index is 225. The molecule has 0 aromatic rings. The molecule has 3 heteroatoms. The molecule has 0 saturated carbocycles. The van der Waals surface area contributed by atoms with Gasteiger partial charge in [-0.25, -0.2) is 9.98 Å². The molecule has 0 bridgehead atoms. The molecular weight excluding hydrogens is 138 g/mol. The fourth-order valence-corrected chi connectivity index (χ4v) is 1.06. The molecule has 0 spiro atoms. The van der Waals surface area contributed by atoms with E-state index in [4.69, 9.17) is 0 Å². The van der Waals surface area contributed by atoms with Crippen molar-refractivity contribution in [2.75, 3.05) is 7.05 Å². The molecule has 0 unspecified atom stereocenters. The van der Waals surface area contributed by atoms with Gasteiger partial charge < -0.3 is 4.90 Å². The van der Waals surface area contributed by atoms with Gasteiger partial charge in [0.2, 0.25) is 0 Å². The summed E-state index contributed by atoms with van der Waals surface area (Å²) in [4.78, 5) is 10.2.